The molecule has 0 atom stereocenters. The number of amides is 1. The summed E-state index contributed by atoms with van der Waals surface area (Å²) in [6.45, 7) is 6.66. The predicted molar refractivity (Wildman–Crippen MR) is 117 cm³/mol. The van der Waals surface area contributed by atoms with Crippen molar-refractivity contribution in [1.82, 2.24) is 19.7 Å². The van der Waals surface area contributed by atoms with Crippen LogP contribution in [0.1, 0.15) is 28.9 Å². The summed E-state index contributed by atoms with van der Waals surface area (Å²) < 4.78 is 1.56. The van der Waals surface area contributed by atoms with E-state index >= 15 is 0 Å². The van der Waals surface area contributed by atoms with Crippen LogP contribution >= 0.6 is 23.2 Å². The summed E-state index contributed by atoms with van der Waals surface area (Å²) in [5.41, 5.74) is 1.68. The topological polar surface area (TPSA) is 51.0 Å². The molecule has 0 radical (unpaired) electrons. The van der Waals surface area contributed by atoms with Gasteiger partial charge in [0.2, 0.25) is 5.82 Å². The number of carbonyl (C=O) groups excluding carboxylic acids is 1. The van der Waals surface area contributed by atoms with Crippen LogP contribution in [0.4, 0.5) is 0 Å². The molecule has 0 bridgehead atoms. The van der Waals surface area contributed by atoms with E-state index in [1.807, 2.05) is 37.3 Å². The van der Waals surface area contributed by atoms with E-state index in [0.29, 0.717) is 41.1 Å². The van der Waals surface area contributed by atoms with Gasteiger partial charge in [-0.25, -0.2) is 9.67 Å². The largest absolute Gasteiger partial charge is 0.332 e. The third-order valence-electron chi connectivity index (χ3n) is 4.48. The van der Waals surface area contributed by atoms with E-state index < -0.39 is 0 Å². The smallest absolute Gasteiger partial charge is 0.293 e. The van der Waals surface area contributed by atoms with Gasteiger partial charge in [-0.15, -0.1) is 11.7 Å². The van der Waals surface area contributed by atoms with Crippen molar-refractivity contribution in [3.05, 3.63) is 88.4 Å². The average Bonchev–Trinajstić information content (AvgIpc) is 3.15. The summed E-state index contributed by atoms with van der Waals surface area (Å²) in [5, 5.41) is 5.34. The Balaban J connectivity index is 1.89. The third-order valence-corrected chi connectivity index (χ3v) is 5.09. The molecular formula is C22H22Cl2N4O. The molecule has 0 aliphatic rings. The molecule has 0 aliphatic carbocycles. The van der Waals surface area contributed by atoms with Gasteiger partial charge in [0.15, 0.2) is 0 Å². The van der Waals surface area contributed by atoms with Gasteiger partial charge >= 0.3 is 0 Å². The maximum atomic E-state index is 13.1. The van der Waals surface area contributed by atoms with Crippen molar-refractivity contribution in [3.63, 3.8) is 0 Å². The van der Waals surface area contributed by atoms with E-state index in [4.69, 9.17) is 23.2 Å². The minimum Gasteiger partial charge on any atom is -0.332 e. The minimum absolute atomic E-state index is 0.118. The van der Waals surface area contributed by atoms with Gasteiger partial charge in [0.25, 0.3) is 5.91 Å². The molecule has 5 nitrogen and oxygen atoms in total. The molecule has 3 aromatic rings. The number of para-hydroxylation sites is 1. The van der Waals surface area contributed by atoms with Crippen LogP contribution in [0.5, 0.6) is 0 Å². The zero-order valence-corrected chi connectivity index (χ0v) is 17.7. The third kappa shape index (κ3) is 4.86. The molecule has 2 aromatic carbocycles. The highest BCUT2D eigenvalue weighted by molar-refractivity contribution is 6.37. The van der Waals surface area contributed by atoms with Gasteiger partial charge in [-0.05, 0) is 24.1 Å². The summed E-state index contributed by atoms with van der Waals surface area (Å²) in [4.78, 5) is 19.3. The number of rotatable bonds is 8. The summed E-state index contributed by atoms with van der Waals surface area (Å²) in [7, 11) is 0. The van der Waals surface area contributed by atoms with E-state index in [1.54, 1.807) is 33.9 Å². The second-order valence-corrected chi connectivity index (χ2v) is 7.28. The fourth-order valence-corrected chi connectivity index (χ4v) is 3.57. The highest BCUT2D eigenvalue weighted by atomic mass is 35.5. The highest BCUT2D eigenvalue weighted by Gasteiger charge is 2.23. The maximum Gasteiger partial charge on any atom is 0.293 e. The molecule has 1 aromatic heterocycles. The number of nitrogens with zero attached hydrogens (tertiary/aromatic N) is 4. The Labute approximate surface area is 180 Å². The molecule has 1 heterocycles. The number of aryl methyl sites for hydroxylation is 1. The minimum atomic E-state index is -0.252. The van der Waals surface area contributed by atoms with E-state index in [0.717, 1.165) is 12.0 Å². The van der Waals surface area contributed by atoms with Gasteiger partial charge in [-0.1, -0.05) is 72.6 Å². The number of benzene rings is 2. The van der Waals surface area contributed by atoms with Crippen molar-refractivity contribution in [2.75, 3.05) is 13.1 Å². The fraction of sp³-hybridized carbons (Fsp3) is 0.227. The second kappa shape index (κ2) is 9.72. The Morgan fingerprint density at radius 2 is 1.83 bits per heavy atom. The summed E-state index contributed by atoms with van der Waals surface area (Å²) >= 11 is 12.7. The number of carbonyl (C=O) groups is 1. The standard InChI is InChI=1S/C22H22Cl2N4O/c1-3-14-27(15-13-16-9-6-5-7-10-16)22(29)21-25-19(4-2)28(26-21)20-17(23)11-8-12-18(20)24/h3,5-12H,1,4,13-15H2,2H3. The van der Waals surface area contributed by atoms with Crippen molar-refractivity contribution < 1.29 is 4.79 Å². The molecule has 3 rings (SSSR count). The van der Waals surface area contributed by atoms with Crippen molar-refractivity contribution in [2.45, 2.75) is 19.8 Å². The Morgan fingerprint density at radius 3 is 2.45 bits per heavy atom. The lowest BCUT2D eigenvalue weighted by Gasteiger charge is -2.19. The number of halogens is 2. The summed E-state index contributed by atoms with van der Waals surface area (Å²) in [6, 6.07) is 15.2. The van der Waals surface area contributed by atoms with Gasteiger partial charge < -0.3 is 4.90 Å². The van der Waals surface area contributed by atoms with Gasteiger partial charge in [-0.3, -0.25) is 4.79 Å². The van der Waals surface area contributed by atoms with Crippen molar-refractivity contribution in [1.29, 1.82) is 0 Å². The molecule has 29 heavy (non-hydrogen) atoms. The molecule has 0 saturated heterocycles. The number of hydrogen-bond acceptors (Lipinski definition) is 3. The number of hydrogen-bond donors (Lipinski definition) is 0. The molecule has 0 fully saturated rings. The molecule has 7 heteroatoms. The van der Waals surface area contributed by atoms with Crippen molar-refractivity contribution >= 4 is 29.1 Å². The molecule has 0 unspecified atom stereocenters. The number of aromatic nitrogens is 3. The lowest BCUT2D eigenvalue weighted by molar-refractivity contribution is 0.0763. The van der Waals surface area contributed by atoms with Crippen molar-refractivity contribution in [2.24, 2.45) is 0 Å². The normalized spacial score (nSPS) is 10.7. The van der Waals surface area contributed by atoms with Crippen LogP contribution in [0.3, 0.4) is 0 Å². The quantitative estimate of drug-likeness (QED) is 0.473. The zero-order chi connectivity index (χ0) is 20.8. The first-order valence-electron chi connectivity index (χ1n) is 9.39. The van der Waals surface area contributed by atoms with Gasteiger partial charge in [0.1, 0.15) is 11.5 Å². The van der Waals surface area contributed by atoms with Crippen LogP contribution in [-0.4, -0.2) is 38.7 Å². The van der Waals surface area contributed by atoms with Crippen LogP contribution in [0.15, 0.2) is 61.2 Å². The Bertz CT molecular complexity index is 981. The molecular weight excluding hydrogens is 407 g/mol. The lowest BCUT2D eigenvalue weighted by atomic mass is 10.1. The molecule has 0 N–H and O–H groups in total. The van der Waals surface area contributed by atoms with Crippen LogP contribution in [-0.2, 0) is 12.8 Å². The van der Waals surface area contributed by atoms with E-state index in [1.165, 1.54) is 0 Å². The van der Waals surface area contributed by atoms with Crippen LogP contribution in [0.2, 0.25) is 10.0 Å². The Kier molecular flexibility index (Phi) is 7.07. The van der Waals surface area contributed by atoms with Crippen molar-refractivity contribution in [3.8, 4) is 5.69 Å². The lowest BCUT2D eigenvalue weighted by Crippen LogP contribution is -2.34. The molecule has 0 saturated carbocycles. The fourth-order valence-electron chi connectivity index (χ4n) is 3.02. The molecule has 1 amide bonds. The first kappa shape index (κ1) is 21.1. The maximum absolute atomic E-state index is 13.1. The zero-order valence-electron chi connectivity index (χ0n) is 16.2. The Morgan fingerprint density at radius 1 is 1.14 bits per heavy atom. The van der Waals surface area contributed by atoms with E-state index in [9.17, 15) is 4.79 Å². The average molecular weight is 429 g/mol. The first-order valence-corrected chi connectivity index (χ1v) is 10.1. The predicted octanol–water partition coefficient (Wildman–Crippen LogP) is 5.01. The van der Waals surface area contributed by atoms with Gasteiger partial charge in [0, 0.05) is 19.5 Å². The van der Waals surface area contributed by atoms with Crippen LogP contribution < -0.4 is 0 Å². The van der Waals surface area contributed by atoms with Crippen LogP contribution in [0, 0.1) is 0 Å². The van der Waals surface area contributed by atoms with Crippen LogP contribution in [0.25, 0.3) is 5.69 Å². The summed E-state index contributed by atoms with van der Waals surface area (Å²) in [5.74, 6) is 0.482. The Hall–Kier alpha value is -2.63. The molecule has 150 valence electrons. The van der Waals surface area contributed by atoms with E-state index in [-0.39, 0.29) is 11.7 Å². The van der Waals surface area contributed by atoms with Gasteiger partial charge in [-0.2, -0.15) is 0 Å². The highest BCUT2D eigenvalue weighted by Crippen LogP contribution is 2.28. The molecule has 0 aliphatic heterocycles. The SMILES string of the molecule is C=CCN(CCc1ccccc1)C(=O)c1nc(CC)n(-c2c(Cl)cccc2Cl)n1. The molecule has 0 spiro atoms. The van der Waals surface area contributed by atoms with E-state index in [2.05, 4.69) is 16.7 Å². The second-order valence-electron chi connectivity index (χ2n) is 6.46. The summed E-state index contributed by atoms with van der Waals surface area (Å²) in [6.07, 6.45) is 3.01. The van der Waals surface area contributed by atoms with Gasteiger partial charge in [0.05, 0.1) is 10.0 Å². The monoisotopic (exact) mass is 428 g/mol. The first-order chi connectivity index (χ1) is 14.0.